The Kier molecular flexibility index (Phi) is 3.38. The highest BCUT2D eigenvalue weighted by molar-refractivity contribution is 6.29. The van der Waals surface area contributed by atoms with Crippen LogP contribution in [0.2, 0.25) is 5.15 Å². The number of hydrogen-bond donors (Lipinski definition) is 2. The summed E-state index contributed by atoms with van der Waals surface area (Å²) in [5.74, 6) is 0.691. The van der Waals surface area contributed by atoms with E-state index in [1.807, 2.05) is 11.8 Å². The molecule has 5 nitrogen and oxygen atoms in total. The van der Waals surface area contributed by atoms with Crippen LogP contribution >= 0.6 is 11.6 Å². The molecule has 6 heteroatoms. The molecule has 2 rings (SSSR count). The van der Waals surface area contributed by atoms with Gasteiger partial charge < -0.3 is 16.0 Å². The number of carbonyl (C=O) groups is 1. The van der Waals surface area contributed by atoms with Crippen molar-refractivity contribution in [1.29, 1.82) is 0 Å². The molecule has 3 N–H and O–H groups in total. The molecule has 0 spiro atoms. The van der Waals surface area contributed by atoms with Crippen LogP contribution in [0.15, 0.2) is 12.1 Å². The van der Waals surface area contributed by atoms with Crippen molar-refractivity contribution in [2.24, 2.45) is 0 Å². The number of nitrogens with zero attached hydrogens (tertiary/aromatic N) is 2. The summed E-state index contributed by atoms with van der Waals surface area (Å²) in [5.41, 5.74) is 6.29. The molecule has 1 aromatic heterocycles. The van der Waals surface area contributed by atoms with Crippen LogP contribution in [0.1, 0.15) is 13.3 Å². The van der Waals surface area contributed by atoms with Crippen molar-refractivity contribution in [2.75, 3.05) is 23.7 Å². The highest BCUT2D eigenvalue weighted by Gasteiger charge is 2.29. The maximum atomic E-state index is 11.7. The Morgan fingerprint density at radius 3 is 3.06 bits per heavy atom. The minimum absolute atomic E-state index is 0.0269. The topological polar surface area (TPSA) is 71.2 Å². The summed E-state index contributed by atoms with van der Waals surface area (Å²) in [6, 6.07) is 3.14. The molecule has 0 bridgehead atoms. The number of nitrogens with one attached hydrogen (secondary N) is 1. The van der Waals surface area contributed by atoms with Gasteiger partial charge in [0.25, 0.3) is 0 Å². The van der Waals surface area contributed by atoms with Crippen LogP contribution in [0.25, 0.3) is 0 Å². The smallest absolute Gasteiger partial charge is 0.242 e. The van der Waals surface area contributed by atoms with Gasteiger partial charge in [0.2, 0.25) is 5.91 Å². The Bertz CT molecular complexity index is 417. The first-order chi connectivity index (χ1) is 8.11. The third-order valence-corrected chi connectivity index (χ3v) is 3.01. The van der Waals surface area contributed by atoms with Crippen molar-refractivity contribution in [1.82, 2.24) is 10.3 Å². The number of nitrogen functional groups attached to an aromatic ring is 1. The second kappa shape index (κ2) is 4.79. The molecule has 92 valence electrons. The van der Waals surface area contributed by atoms with Gasteiger partial charge in [0.1, 0.15) is 17.0 Å². The van der Waals surface area contributed by atoms with E-state index in [2.05, 4.69) is 10.3 Å². The summed E-state index contributed by atoms with van der Waals surface area (Å²) in [4.78, 5) is 17.9. The van der Waals surface area contributed by atoms with Crippen LogP contribution in [0, 0.1) is 0 Å². The molecule has 2 heterocycles. The quantitative estimate of drug-likeness (QED) is 0.774. The highest BCUT2D eigenvalue weighted by Crippen LogP contribution is 2.23. The van der Waals surface area contributed by atoms with E-state index in [9.17, 15) is 4.79 Å². The molecule has 0 aliphatic carbocycles. The van der Waals surface area contributed by atoms with Gasteiger partial charge in [-0.2, -0.15) is 0 Å². The number of pyridine rings is 1. The fourth-order valence-electron chi connectivity index (χ4n) is 2.04. The van der Waals surface area contributed by atoms with Gasteiger partial charge in [0, 0.05) is 24.8 Å². The predicted octanol–water partition coefficient (Wildman–Crippen LogP) is 1.03. The van der Waals surface area contributed by atoms with Gasteiger partial charge in [-0.05, 0) is 12.5 Å². The molecule has 1 aromatic rings. The third-order valence-electron chi connectivity index (χ3n) is 2.81. The SMILES string of the molecule is CCC1C(=O)NCCN1c1cc(N)cc(Cl)n1. The zero-order valence-corrected chi connectivity index (χ0v) is 10.4. The Hall–Kier alpha value is -1.49. The first kappa shape index (κ1) is 12.0. The number of halogens is 1. The Morgan fingerprint density at radius 2 is 2.41 bits per heavy atom. The molecular formula is C11H15ClN4O. The summed E-state index contributed by atoms with van der Waals surface area (Å²) in [5, 5.41) is 3.19. The van der Waals surface area contributed by atoms with Gasteiger partial charge in [-0.15, -0.1) is 0 Å². The van der Waals surface area contributed by atoms with Gasteiger partial charge in [0.15, 0.2) is 0 Å². The molecule has 1 aliphatic heterocycles. The van der Waals surface area contributed by atoms with E-state index in [0.717, 1.165) is 13.0 Å². The van der Waals surface area contributed by atoms with Crippen molar-refractivity contribution in [3.63, 3.8) is 0 Å². The average Bonchev–Trinajstić information content (AvgIpc) is 2.27. The van der Waals surface area contributed by atoms with Crippen LogP contribution in [0.5, 0.6) is 0 Å². The van der Waals surface area contributed by atoms with E-state index in [1.165, 1.54) is 0 Å². The second-order valence-electron chi connectivity index (χ2n) is 3.99. The number of rotatable bonds is 2. The van der Waals surface area contributed by atoms with E-state index < -0.39 is 0 Å². The maximum absolute atomic E-state index is 11.7. The number of hydrogen-bond acceptors (Lipinski definition) is 4. The molecule has 1 amide bonds. The summed E-state index contributed by atoms with van der Waals surface area (Å²) < 4.78 is 0. The molecule has 1 unspecified atom stereocenters. The fourth-order valence-corrected chi connectivity index (χ4v) is 2.26. The number of piperazine rings is 1. The van der Waals surface area contributed by atoms with Crippen molar-refractivity contribution in [3.05, 3.63) is 17.3 Å². The van der Waals surface area contributed by atoms with Crippen molar-refractivity contribution in [3.8, 4) is 0 Å². The Labute approximate surface area is 105 Å². The minimum Gasteiger partial charge on any atom is -0.399 e. The lowest BCUT2D eigenvalue weighted by Crippen LogP contribution is -2.55. The van der Waals surface area contributed by atoms with Crippen LogP contribution in [-0.4, -0.2) is 30.0 Å². The maximum Gasteiger partial charge on any atom is 0.242 e. The molecule has 17 heavy (non-hydrogen) atoms. The summed E-state index contributed by atoms with van der Waals surface area (Å²) >= 11 is 5.88. The van der Waals surface area contributed by atoms with Crippen molar-refractivity contribution < 1.29 is 4.79 Å². The minimum atomic E-state index is -0.200. The van der Waals surface area contributed by atoms with E-state index >= 15 is 0 Å². The van der Waals surface area contributed by atoms with Crippen LogP contribution < -0.4 is 16.0 Å². The first-order valence-corrected chi connectivity index (χ1v) is 5.97. The largest absolute Gasteiger partial charge is 0.399 e. The zero-order valence-electron chi connectivity index (χ0n) is 9.61. The fraction of sp³-hybridized carbons (Fsp3) is 0.455. The van der Waals surface area contributed by atoms with Crippen LogP contribution in [0.3, 0.4) is 0 Å². The Balaban J connectivity index is 2.33. The number of amides is 1. The van der Waals surface area contributed by atoms with Crippen molar-refractivity contribution >= 4 is 29.0 Å². The van der Waals surface area contributed by atoms with Gasteiger partial charge in [0.05, 0.1) is 0 Å². The highest BCUT2D eigenvalue weighted by atomic mass is 35.5. The van der Waals surface area contributed by atoms with E-state index in [0.29, 0.717) is 23.2 Å². The molecule has 1 fully saturated rings. The van der Waals surface area contributed by atoms with Gasteiger partial charge in [-0.3, -0.25) is 4.79 Å². The molecule has 1 saturated heterocycles. The van der Waals surface area contributed by atoms with Crippen molar-refractivity contribution in [2.45, 2.75) is 19.4 Å². The van der Waals surface area contributed by atoms with E-state index in [4.69, 9.17) is 17.3 Å². The summed E-state index contributed by atoms with van der Waals surface area (Å²) in [7, 11) is 0. The monoisotopic (exact) mass is 254 g/mol. The van der Waals surface area contributed by atoms with Crippen LogP contribution in [-0.2, 0) is 4.79 Å². The van der Waals surface area contributed by atoms with E-state index in [-0.39, 0.29) is 11.9 Å². The number of carbonyl (C=O) groups excluding carboxylic acids is 1. The van der Waals surface area contributed by atoms with Crippen LogP contribution in [0.4, 0.5) is 11.5 Å². The standard InChI is InChI=1S/C11H15ClN4O/c1-2-8-11(17)14-3-4-16(8)10-6-7(13)5-9(12)15-10/h5-6,8H,2-4H2,1H3,(H2,13,15)(H,14,17). The lowest BCUT2D eigenvalue weighted by Gasteiger charge is -2.35. The molecule has 1 atom stereocenters. The zero-order chi connectivity index (χ0) is 12.4. The van der Waals surface area contributed by atoms with Gasteiger partial charge in [-0.25, -0.2) is 4.98 Å². The molecule has 0 aromatic carbocycles. The lowest BCUT2D eigenvalue weighted by molar-refractivity contribution is -0.123. The molecular weight excluding hydrogens is 240 g/mol. The third kappa shape index (κ3) is 2.44. The lowest BCUT2D eigenvalue weighted by atomic mass is 10.1. The summed E-state index contributed by atoms with van der Waals surface area (Å²) in [6.45, 7) is 3.30. The molecule has 1 aliphatic rings. The van der Waals surface area contributed by atoms with Gasteiger partial charge >= 0.3 is 0 Å². The Morgan fingerprint density at radius 1 is 1.65 bits per heavy atom. The molecule has 0 radical (unpaired) electrons. The number of anilines is 2. The second-order valence-corrected chi connectivity index (χ2v) is 4.38. The average molecular weight is 255 g/mol. The normalized spacial score (nSPS) is 20.2. The summed E-state index contributed by atoms with van der Waals surface area (Å²) in [6.07, 6.45) is 0.722. The predicted molar refractivity (Wildman–Crippen MR) is 68.1 cm³/mol. The van der Waals surface area contributed by atoms with E-state index in [1.54, 1.807) is 12.1 Å². The number of aromatic nitrogens is 1. The first-order valence-electron chi connectivity index (χ1n) is 5.59. The van der Waals surface area contributed by atoms with Gasteiger partial charge in [-0.1, -0.05) is 18.5 Å². The number of nitrogens with two attached hydrogens (primary N) is 1. The molecule has 0 saturated carbocycles.